The van der Waals surface area contributed by atoms with Crippen LogP contribution in [-0.4, -0.2) is 63.1 Å². The molecular formula is C19H28N2O4S. The predicted octanol–water partition coefficient (Wildman–Crippen LogP) is 2.34. The Hall–Kier alpha value is -1.31. The van der Waals surface area contributed by atoms with Crippen LogP contribution in [0.25, 0.3) is 0 Å². The Morgan fingerprint density at radius 1 is 0.962 bits per heavy atom. The van der Waals surface area contributed by atoms with Crippen LogP contribution in [-0.2, 0) is 10.0 Å². The zero-order valence-corrected chi connectivity index (χ0v) is 16.2. The summed E-state index contributed by atoms with van der Waals surface area (Å²) in [7, 11) is -3.56. The van der Waals surface area contributed by atoms with Crippen LogP contribution < -0.4 is 9.47 Å². The number of sulfonamides is 1. The van der Waals surface area contributed by atoms with Crippen molar-refractivity contribution in [1.82, 2.24) is 9.21 Å². The second-order valence-electron chi connectivity index (χ2n) is 7.63. The molecule has 7 heteroatoms. The summed E-state index contributed by atoms with van der Waals surface area (Å²) in [6.07, 6.45) is 4.32. The number of hydrogen-bond acceptors (Lipinski definition) is 5. The van der Waals surface area contributed by atoms with E-state index in [9.17, 15) is 8.42 Å². The summed E-state index contributed by atoms with van der Waals surface area (Å²) >= 11 is 0. The Morgan fingerprint density at radius 2 is 1.65 bits per heavy atom. The lowest BCUT2D eigenvalue weighted by Crippen LogP contribution is -2.48. The van der Waals surface area contributed by atoms with Crippen molar-refractivity contribution >= 4 is 10.0 Å². The second-order valence-corrected chi connectivity index (χ2v) is 9.54. The first-order chi connectivity index (χ1) is 12.6. The van der Waals surface area contributed by atoms with Crippen molar-refractivity contribution in [3.63, 3.8) is 0 Å². The molecule has 2 fully saturated rings. The molecular weight excluding hydrogens is 352 g/mol. The summed E-state index contributed by atoms with van der Waals surface area (Å²) in [4.78, 5) is 2.80. The Bertz CT molecular complexity index is 736. The highest BCUT2D eigenvalue weighted by molar-refractivity contribution is 7.89. The molecule has 3 heterocycles. The number of piperidine rings is 2. The lowest BCUT2D eigenvalue weighted by Gasteiger charge is -2.41. The highest BCUT2D eigenvalue weighted by atomic mass is 32.2. The quantitative estimate of drug-likeness (QED) is 0.806. The van der Waals surface area contributed by atoms with Gasteiger partial charge in [0, 0.05) is 19.1 Å². The molecule has 1 aromatic carbocycles. The zero-order valence-electron chi connectivity index (χ0n) is 15.4. The molecule has 2 saturated heterocycles. The Kier molecular flexibility index (Phi) is 5.12. The van der Waals surface area contributed by atoms with Gasteiger partial charge in [0.15, 0.2) is 11.5 Å². The fourth-order valence-corrected chi connectivity index (χ4v) is 5.84. The van der Waals surface area contributed by atoms with Crippen LogP contribution in [0.1, 0.15) is 32.6 Å². The van der Waals surface area contributed by atoms with E-state index in [1.54, 1.807) is 22.5 Å². The molecule has 6 nitrogen and oxygen atoms in total. The smallest absolute Gasteiger partial charge is 0.246 e. The van der Waals surface area contributed by atoms with Crippen molar-refractivity contribution in [3.05, 3.63) is 18.2 Å². The van der Waals surface area contributed by atoms with Crippen molar-refractivity contribution in [2.45, 2.75) is 43.5 Å². The largest absolute Gasteiger partial charge is 0.486 e. The van der Waals surface area contributed by atoms with Crippen LogP contribution >= 0.6 is 0 Å². The van der Waals surface area contributed by atoms with E-state index in [0.29, 0.717) is 43.8 Å². The molecule has 3 aliphatic rings. The van der Waals surface area contributed by atoms with Crippen LogP contribution in [0.5, 0.6) is 11.5 Å². The van der Waals surface area contributed by atoms with E-state index < -0.39 is 10.0 Å². The zero-order chi connectivity index (χ0) is 18.1. The summed E-state index contributed by atoms with van der Waals surface area (Å²) in [5.41, 5.74) is 0. The lowest BCUT2D eigenvalue weighted by molar-refractivity contribution is 0.101. The molecule has 0 N–H and O–H groups in total. The number of para-hydroxylation sites is 1. The van der Waals surface area contributed by atoms with Crippen LogP contribution in [0.2, 0.25) is 0 Å². The number of nitrogens with zero attached hydrogens (tertiary/aromatic N) is 2. The average Bonchev–Trinajstić information content (AvgIpc) is 2.68. The van der Waals surface area contributed by atoms with Gasteiger partial charge in [-0.15, -0.1) is 0 Å². The maximum Gasteiger partial charge on any atom is 0.246 e. The van der Waals surface area contributed by atoms with Gasteiger partial charge in [-0.2, -0.15) is 4.31 Å². The first kappa shape index (κ1) is 18.1. The number of fused-ring (bicyclic) bond motifs is 1. The van der Waals surface area contributed by atoms with Gasteiger partial charge in [-0.25, -0.2) is 8.42 Å². The molecule has 3 aliphatic heterocycles. The molecule has 0 saturated carbocycles. The number of benzene rings is 1. The first-order valence-electron chi connectivity index (χ1n) is 9.68. The topological polar surface area (TPSA) is 59.1 Å². The van der Waals surface area contributed by atoms with E-state index in [4.69, 9.17) is 9.47 Å². The Balaban J connectivity index is 1.45. The fraction of sp³-hybridized carbons (Fsp3) is 0.684. The van der Waals surface area contributed by atoms with Crippen molar-refractivity contribution in [2.75, 3.05) is 39.4 Å². The van der Waals surface area contributed by atoms with Crippen molar-refractivity contribution in [1.29, 1.82) is 0 Å². The third kappa shape index (κ3) is 3.44. The number of rotatable bonds is 3. The average molecular weight is 381 g/mol. The SMILES string of the molecule is CC1CCN(C2CCN(S(=O)(=O)c3cccc4c3OCCO4)CC2)CC1. The molecule has 0 bridgehead atoms. The number of likely N-dealkylation sites (tertiary alicyclic amines) is 1. The molecule has 0 atom stereocenters. The molecule has 0 spiro atoms. The third-order valence-corrected chi connectivity index (χ3v) is 7.83. The predicted molar refractivity (Wildman–Crippen MR) is 99.2 cm³/mol. The standard InChI is InChI=1S/C19H28N2O4S/c1-15-5-9-20(10-6-15)16-7-11-21(12-8-16)26(22,23)18-4-2-3-17-19(18)25-14-13-24-17/h2-4,15-16H,5-14H2,1H3. The summed E-state index contributed by atoms with van der Waals surface area (Å²) in [5.74, 6) is 1.71. The molecule has 0 amide bonds. The maximum atomic E-state index is 13.2. The van der Waals surface area contributed by atoms with E-state index in [1.807, 2.05) is 0 Å². The van der Waals surface area contributed by atoms with E-state index in [2.05, 4.69) is 11.8 Å². The Morgan fingerprint density at radius 3 is 2.38 bits per heavy atom. The van der Waals surface area contributed by atoms with E-state index in [0.717, 1.165) is 31.8 Å². The number of hydrogen-bond donors (Lipinski definition) is 0. The Labute approximate surface area is 156 Å². The van der Waals surface area contributed by atoms with E-state index >= 15 is 0 Å². The third-order valence-electron chi connectivity index (χ3n) is 5.91. The van der Waals surface area contributed by atoms with E-state index in [-0.39, 0.29) is 4.90 Å². The van der Waals surface area contributed by atoms with Crippen LogP contribution in [0.15, 0.2) is 23.1 Å². The van der Waals surface area contributed by atoms with Gasteiger partial charge in [-0.1, -0.05) is 13.0 Å². The molecule has 1 aromatic rings. The molecule has 0 radical (unpaired) electrons. The second kappa shape index (κ2) is 7.37. The maximum absolute atomic E-state index is 13.2. The van der Waals surface area contributed by atoms with Gasteiger partial charge in [-0.05, 0) is 56.8 Å². The summed E-state index contributed by atoms with van der Waals surface area (Å²) in [6.45, 7) is 6.60. The minimum atomic E-state index is -3.56. The highest BCUT2D eigenvalue weighted by Crippen LogP contribution is 2.38. The lowest BCUT2D eigenvalue weighted by atomic mass is 9.95. The van der Waals surface area contributed by atoms with Gasteiger partial charge >= 0.3 is 0 Å². The van der Waals surface area contributed by atoms with Crippen LogP contribution in [0, 0.1) is 5.92 Å². The van der Waals surface area contributed by atoms with Crippen molar-refractivity contribution < 1.29 is 17.9 Å². The summed E-state index contributed by atoms with van der Waals surface area (Å²) < 4.78 is 39.1. The van der Waals surface area contributed by atoms with Gasteiger partial charge in [0.1, 0.15) is 18.1 Å². The molecule has 26 heavy (non-hydrogen) atoms. The molecule has 0 aromatic heterocycles. The summed E-state index contributed by atoms with van der Waals surface area (Å²) in [6, 6.07) is 5.62. The first-order valence-corrected chi connectivity index (χ1v) is 11.1. The molecule has 0 aliphatic carbocycles. The van der Waals surface area contributed by atoms with Gasteiger partial charge in [0.25, 0.3) is 0 Å². The van der Waals surface area contributed by atoms with Crippen molar-refractivity contribution in [3.8, 4) is 11.5 Å². The number of ether oxygens (including phenoxy) is 2. The fourth-order valence-electron chi connectivity index (χ4n) is 4.23. The van der Waals surface area contributed by atoms with Gasteiger partial charge < -0.3 is 14.4 Å². The molecule has 144 valence electrons. The van der Waals surface area contributed by atoms with Gasteiger partial charge in [0.05, 0.1) is 0 Å². The minimum Gasteiger partial charge on any atom is -0.486 e. The van der Waals surface area contributed by atoms with E-state index in [1.165, 1.54) is 12.8 Å². The molecule has 0 unspecified atom stereocenters. The summed E-state index contributed by atoms with van der Waals surface area (Å²) in [5, 5.41) is 0. The van der Waals surface area contributed by atoms with Gasteiger partial charge in [-0.3, -0.25) is 0 Å². The van der Waals surface area contributed by atoms with Crippen LogP contribution in [0.3, 0.4) is 0 Å². The van der Waals surface area contributed by atoms with Gasteiger partial charge in [0.2, 0.25) is 10.0 Å². The highest BCUT2D eigenvalue weighted by Gasteiger charge is 2.35. The normalized spacial score (nSPS) is 23.9. The van der Waals surface area contributed by atoms with Crippen LogP contribution in [0.4, 0.5) is 0 Å². The van der Waals surface area contributed by atoms with Crippen molar-refractivity contribution in [2.24, 2.45) is 5.92 Å². The molecule has 4 rings (SSSR count). The monoisotopic (exact) mass is 380 g/mol. The minimum absolute atomic E-state index is 0.236.